The van der Waals surface area contributed by atoms with Gasteiger partial charge in [-0.2, -0.15) is 5.10 Å². The number of benzene rings is 1. The van der Waals surface area contributed by atoms with Crippen LogP contribution in [0.15, 0.2) is 18.2 Å². The van der Waals surface area contributed by atoms with Crippen molar-refractivity contribution in [2.45, 2.75) is 39.3 Å². The third kappa shape index (κ3) is 3.64. The van der Waals surface area contributed by atoms with E-state index in [0.717, 1.165) is 5.69 Å². The summed E-state index contributed by atoms with van der Waals surface area (Å²) in [4.78, 5) is 27.2. The van der Waals surface area contributed by atoms with E-state index < -0.39 is 6.04 Å². The molecule has 1 N–H and O–H groups in total. The highest BCUT2D eigenvalue weighted by Crippen LogP contribution is 2.36. The number of carbonyl (C=O) groups is 2. The average Bonchev–Trinajstić information content (AvgIpc) is 3.04. The molecular weight excluding hydrogens is 384 g/mol. The second-order valence-corrected chi connectivity index (χ2v) is 6.89. The molecule has 0 saturated carbocycles. The standard InChI is InChI=1S/C19H23ClN4O4/c1-5-14(24-17-8-11(2)22-23(17)7-6-18(24)25)19(26)21-13-9-12(20)15(27-3)10-16(13)28-4/h8-10,14H,5-7H2,1-4H3,(H,21,26). The van der Waals surface area contributed by atoms with Crippen molar-refractivity contribution in [1.82, 2.24) is 9.78 Å². The molecule has 8 nitrogen and oxygen atoms in total. The van der Waals surface area contributed by atoms with Gasteiger partial charge in [-0.15, -0.1) is 0 Å². The summed E-state index contributed by atoms with van der Waals surface area (Å²) in [6.07, 6.45) is 0.740. The fourth-order valence-electron chi connectivity index (χ4n) is 3.33. The highest BCUT2D eigenvalue weighted by Gasteiger charge is 2.35. The van der Waals surface area contributed by atoms with Gasteiger partial charge in [0.15, 0.2) is 0 Å². The smallest absolute Gasteiger partial charge is 0.247 e. The van der Waals surface area contributed by atoms with Crippen LogP contribution in [0.5, 0.6) is 11.5 Å². The minimum Gasteiger partial charge on any atom is -0.495 e. The van der Waals surface area contributed by atoms with Crippen LogP contribution in [0.4, 0.5) is 11.5 Å². The molecule has 9 heteroatoms. The third-order valence-electron chi connectivity index (χ3n) is 4.67. The molecule has 150 valence electrons. The zero-order valence-electron chi connectivity index (χ0n) is 16.3. The van der Waals surface area contributed by atoms with Crippen LogP contribution in [0, 0.1) is 6.92 Å². The van der Waals surface area contributed by atoms with Crippen molar-refractivity contribution in [1.29, 1.82) is 0 Å². The van der Waals surface area contributed by atoms with Crippen molar-refractivity contribution < 1.29 is 19.1 Å². The molecule has 1 aromatic carbocycles. The number of anilines is 2. The van der Waals surface area contributed by atoms with Crippen LogP contribution in [0.2, 0.25) is 5.02 Å². The van der Waals surface area contributed by atoms with E-state index in [1.165, 1.54) is 19.1 Å². The van der Waals surface area contributed by atoms with Crippen LogP contribution in [-0.2, 0) is 16.1 Å². The predicted octanol–water partition coefficient (Wildman–Crippen LogP) is 3.02. The first kappa shape index (κ1) is 20.0. The number of hydrogen-bond acceptors (Lipinski definition) is 5. The van der Waals surface area contributed by atoms with Gasteiger partial charge in [0.2, 0.25) is 11.8 Å². The molecular formula is C19H23ClN4O4. The maximum absolute atomic E-state index is 13.1. The fraction of sp³-hybridized carbons (Fsp3) is 0.421. The summed E-state index contributed by atoms with van der Waals surface area (Å²) in [6, 6.07) is 4.30. The van der Waals surface area contributed by atoms with E-state index in [-0.39, 0.29) is 11.8 Å². The van der Waals surface area contributed by atoms with Gasteiger partial charge >= 0.3 is 0 Å². The van der Waals surface area contributed by atoms with Gasteiger partial charge in [0.1, 0.15) is 23.4 Å². The Morgan fingerprint density at radius 2 is 2.00 bits per heavy atom. The number of nitrogens with one attached hydrogen (secondary N) is 1. The Morgan fingerprint density at radius 1 is 1.29 bits per heavy atom. The summed E-state index contributed by atoms with van der Waals surface area (Å²) in [5.41, 5.74) is 1.21. The Morgan fingerprint density at radius 3 is 2.64 bits per heavy atom. The Bertz CT molecular complexity index is 912. The van der Waals surface area contributed by atoms with Crippen LogP contribution < -0.4 is 19.7 Å². The van der Waals surface area contributed by atoms with Gasteiger partial charge in [0, 0.05) is 18.6 Å². The Kier molecular flexibility index (Phi) is 5.79. The number of carbonyl (C=O) groups excluding carboxylic acids is 2. The zero-order chi connectivity index (χ0) is 20.4. The van der Waals surface area contributed by atoms with E-state index in [1.807, 2.05) is 19.9 Å². The molecule has 0 saturated heterocycles. The molecule has 2 amide bonds. The summed E-state index contributed by atoms with van der Waals surface area (Å²) in [6.45, 7) is 4.23. The molecule has 0 aliphatic carbocycles. The first-order valence-corrected chi connectivity index (χ1v) is 9.36. The van der Waals surface area contributed by atoms with Crippen LogP contribution >= 0.6 is 11.6 Å². The molecule has 1 unspecified atom stereocenters. The number of hydrogen-bond donors (Lipinski definition) is 1. The van der Waals surface area contributed by atoms with E-state index in [0.29, 0.717) is 47.4 Å². The molecule has 3 rings (SSSR count). The number of aromatic nitrogens is 2. The molecule has 28 heavy (non-hydrogen) atoms. The molecule has 1 atom stereocenters. The number of methoxy groups -OCH3 is 2. The van der Waals surface area contributed by atoms with Gasteiger partial charge < -0.3 is 14.8 Å². The number of halogens is 1. The maximum atomic E-state index is 13.1. The van der Waals surface area contributed by atoms with E-state index in [9.17, 15) is 9.59 Å². The second kappa shape index (κ2) is 8.10. The lowest BCUT2D eigenvalue weighted by molar-refractivity contribution is -0.124. The number of rotatable bonds is 6. The molecule has 2 aromatic rings. The molecule has 1 aliphatic heterocycles. The zero-order valence-corrected chi connectivity index (χ0v) is 17.0. The second-order valence-electron chi connectivity index (χ2n) is 6.48. The van der Waals surface area contributed by atoms with Crippen LogP contribution in [0.1, 0.15) is 25.5 Å². The van der Waals surface area contributed by atoms with Gasteiger partial charge in [0.05, 0.1) is 37.2 Å². The number of nitrogens with zero attached hydrogens (tertiary/aromatic N) is 3. The van der Waals surface area contributed by atoms with E-state index in [4.69, 9.17) is 21.1 Å². The molecule has 0 bridgehead atoms. The monoisotopic (exact) mass is 406 g/mol. The van der Waals surface area contributed by atoms with E-state index >= 15 is 0 Å². The van der Waals surface area contributed by atoms with E-state index in [2.05, 4.69) is 10.4 Å². The molecule has 0 spiro atoms. The summed E-state index contributed by atoms with van der Waals surface area (Å²) in [5.74, 6) is 1.05. The summed E-state index contributed by atoms with van der Waals surface area (Å²) in [5, 5.41) is 7.57. The third-order valence-corrected chi connectivity index (χ3v) is 4.96. The lowest BCUT2D eigenvalue weighted by Crippen LogP contribution is -2.50. The Hall–Kier alpha value is -2.74. The van der Waals surface area contributed by atoms with Gasteiger partial charge in [0.25, 0.3) is 0 Å². The first-order chi connectivity index (χ1) is 13.4. The number of amides is 2. The first-order valence-electron chi connectivity index (χ1n) is 8.98. The quantitative estimate of drug-likeness (QED) is 0.796. The van der Waals surface area contributed by atoms with Crippen molar-refractivity contribution in [3.8, 4) is 11.5 Å². The van der Waals surface area contributed by atoms with Gasteiger partial charge in [-0.05, 0) is 19.4 Å². The molecule has 0 fully saturated rings. The van der Waals surface area contributed by atoms with Crippen LogP contribution in [0.25, 0.3) is 0 Å². The topological polar surface area (TPSA) is 85.7 Å². The Labute approximate surface area is 168 Å². The van der Waals surface area contributed by atoms with E-state index in [1.54, 1.807) is 16.8 Å². The average molecular weight is 407 g/mol. The largest absolute Gasteiger partial charge is 0.495 e. The predicted molar refractivity (Wildman–Crippen MR) is 106 cm³/mol. The van der Waals surface area contributed by atoms with Gasteiger partial charge in [-0.3, -0.25) is 14.5 Å². The number of fused-ring (bicyclic) bond motifs is 1. The van der Waals surface area contributed by atoms with Crippen LogP contribution in [-0.4, -0.2) is 41.9 Å². The van der Waals surface area contributed by atoms with Gasteiger partial charge in [-0.1, -0.05) is 18.5 Å². The SMILES string of the molecule is CCC(C(=O)Nc1cc(Cl)c(OC)cc1OC)N1C(=O)CCn2nc(C)cc21. The summed E-state index contributed by atoms with van der Waals surface area (Å²) >= 11 is 6.19. The molecule has 0 radical (unpaired) electrons. The Balaban J connectivity index is 1.91. The maximum Gasteiger partial charge on any atom is 0.247 e. The fourth-order valence-corrected chi connectivity index (χ4v) is 3.57. The van der Waals surface area contributed by atoms with Crippen molar-refractivity contribution in [2.75, 3.05) is 24.4 Å². The van der Waals surface area contributed by atoms with Gasteiger partial charge in [-0.25, -0.2) is 4.68 Å². The number of aryl methyl sites for hydroxylation is 2. The van der Waals surface area contributed by atoms with Crippen molar-refractivity contribution in [2.24, 2.45) is 0 Å². The van der Waals surface area contributed by atoms with Crippen molar-refractivity contribution in [3.05, 3.63) is 28.9 Å². The van der Waals surface area contributed by atoms with Crippen LogP contribution in [0.3, 0.4) is 0 Å². The molecule has 1 aromatic heterocycles. The highest BCUT2D eigenvalue weighted by atomic mass is 35.5. The molecule has 2 heterocycles. The molecule has 1 aliphatic rings. The minimum absolute atomic E-state index is 0.103. The number of ether oxygens (including phenoxy) is 2. The lowest BCUT2D eigenvalue weighted by atomic mass is 10.1. The lowest BCUT2D eigenvalue weighted by Gasteiger charge is -2.33. The normalized spacial score (nSPS) is 14.5. The van der Waals surface area contributed by atoms with Crippen molar-refractivity contribution in [3.63, 3.8) is 0 Å². The summed E-state index contributed by atoms with van der Waals surface area (Å²) in [7, 11) is 2.99. The minimum atomic E-state index is -0.687. The summed E-state index contributed by atoms with van der Waals surface area (Å²) < 4.78 is 12.3. The van der Waals surface area contributed by atoms with Crippen molar-refractivity contribution >= 4 is 34.9 Å². The highest BCUT2D eigenvalue weighted by molar-refractivity contribution is 6.32.